The van der Waals surface area contributed by atoms with Crippen LogP contribution in [-0.2, 0) is 22.5 Å². The van der Waals surface area contributed by atoms with Crippen LogP contribution in [0.3, 0.4) is 0 Å². The molecule has 0 saturated carbocycles. The Balaban J connectivity index is 1.27. The molecule has 3 heterocycles. The zero-order valence-electron chi connectivity index (χ0n) is 21.2. The van der Waals surface area contributed by atoms with Crippen LogP contribution in [0.2, 0.25) is 0 Å². The molecular weight excluding hydrogens is 506 g/mol. The fourth-order valence-corrected chi connectivity index (χ4v) is 4.67. The molecule has 10 heteroatoms. The number of nitrogens with zero attached hydrogens (tertiary/aromatic N) is 3. The van der Waals surface area contributed by atoms with Crippen molar-refractivity contribution in [1.82, 2.24) is 19.8 Å². The van der Waals surface area contributed by atoms with Crippen molar-refractivity contribution in [2.24, 2.45) is 0 Å². The van der Waals surface area contributed by atoms with Crippen molar-refractivity contribution >= 4 is 5.91 Å². The highest BCUT2D eigenvalue weighted by atomic mass is 19.3. The maximum atomic E-state index is 13.4. The van der Waals surface area contributed by atoms with Crippen molar-refractivity contribution < 1.29 is 23.4 Å². The van der Waals surface area contributed by atoms with E-state index in [2.05, 4.69) is 38.8 Å². The maximum absolute atomic E-state index is 13.4. The minimum atomic E-state index is -2.94. The molecule has 1 unspecified atom stereocenters. The molecule has 0 aliphatic carbocycles. The minimum Gasteiger partial charge on any atom is -0.502 e. The molecule has 2 saturated heterocycles. The molecule has 1 aromatic heterocycles. The standard InChI is InChI=1S/C29H28F2N4O4/c30-29(31)17-35(18-29)28(38)24(25-26(36)27(37)33-19-32-25)15-22-7-3-20(4-8-22)1-2-21-5-9-23(10-6-21)16-34-11-13-39-14-12-34/h3-10,19,24,36H,11-18H2,(H,32,33,37). The highest BCUT2D eigenvalue weighted by Crippen LogP contribution is 2.33. The Morgan fingerprint density at radius 2 is 1.62 bits per heavy atom. The third-order valence-electron chi connectivity index (χ3n) is 6.85. The van der Waals surface area contributed by atoms with E-state index < -0.39 is 42.1 Å². The van der Waals surface area contributed by atoms with Gasteiger partial charge in [-0.15, -0.1) is 0 Å². The van der Waals surface area contributed by atoms with Crippen LogP contribution in [0.1, 0.15) is 33.9 Å². The Morgan fingerprint density at radius 3 is 2.21 bits per heavy atom. The van der Waals surface area contributed by atoms with E-state index in [1.165, 1.54) is 5.56 Å². The van der Waals surface area contributed by atoms with Crippen LogP contribution in [0.25, 0.3) is 0 Å². The quantitative estimate of drug-likeness (QED) is 0.472. The highest BCUT2D eigenvalue weighted by molar-refractivity contribution is 5.85. The van der Waals surface area contributed by atoms with Crippen LogP contribution < -0.4 is 5.56 Å². The molecule has 2 fully saturated rings. The van der Waals surface area contributed by atoms with Gasteiger partial charge in [0.15, 0.2) is 0 Å². The predicted molar refractivity (Wildman–Crippen MR) is 139 cm³/mol. The van der Waals surface area contributed by atoms with Crippen molar-refractivity contribution in [1.29, 1.82) is 0 Å². The Kier molecular flexibility index (Phi) is 7.72. The van der Waals surface area contributed by atoms with Gasteiger partial charge in [0.05, 0.1) is 38.5 Å². The number of ether oxygens (including phenoxy) is 1. The Morgan fingerprint density at radius 1 is 1.03 bits per heavy atom. The average molecular weight is 535 g/mol. The first kappa shape index (κ1) is 26.5. The second-order valence-corrected chi connectivity index (χ2v) is 9.80. The summed E-state index contributed by atoms with van der Waals surface area (Å²) in [4.78, 5) is 34.5. The number of aromatic nitrogens is 2. The zero-order valence-corrected chi connectivity index (χ0v) is 21.2. The number of hydrogen-bond donors (Lipinski definition) is 2. The van der Waals surface area contributed by atoms with Gasteiger partial charge in [0.1, 0.15) is 5.69 Å². The number of amides is 1. The van der Waals surface area contributed by atoms with Crippen LogP contribution in [0.15, 0.2) is 59.7 Å². The zero-order chi connectivity index (χ0) is 27.4. The summed E-state index contributed by atoms with van der Waals surface area (Å²) in [5.74, 6) is 0.944. The lowest BCUT2D eigenvalue weighted by molar-refractivity contribution is -0.167. The molecule has 0 spiro atoms. The van der Waals surface area contributed by atoms with E-state index in [-0.39, 0.29) is 12.1 Å². The second-order valence-electron chi connectivity index (χ2n) is 9.80. The first-order chi connectivity index (χ1) is 18.8. The summed E-state index contributed by atoms with van der Waals surface area (Å²) in [7, 11) is 0. The largest absolute Gasteiger partial charge is 0.502 e. The molecule has 1 atom stereocenters. The van der Waals surface area contributed by atoms with Gasteiger partial charge in [0.25, 0.3) is 11.5 Å². The van der Waals surface area contributed by atoms with Crippen molar-refractivity contribution in [3.63, 3.8) is 0 Å². The van der Waals surface area contributed by atoms with Gasteiger partial charge in [-0.2, -0.15) is 0 Å². The number of morpholine rings is 1. The van der Waals surface area contributed by atoms with E-state index in [1.807, 2.05) is 12.1 Å². The number of likely N-dealkylation sites (tertiary alicyclic amines) is 1. The van der Waals surface area contributed by atoms with Crippen molar-refractivity contribution in [3.8, 4) is 17.6 Å². The topological polar surface area (TPSA) is 98.8 Å². The third-order valence-corrected chi connectivity index (χ3v) is 6.85. The lowest BCUT2D eigenvalue weighted by atomic mass is 9.92. The van der Waals surface area contributed by atoms with Crippen molar-refractivity contribution in [2.45, 2.75) is 24.8 Å². The van der Waals surface area contributed by atoms with Crippen molar-refractivity contribution in [2.75, 3.05) is 39.4 Å². The molecule has 0 bridgehead atoms. The number of alkyl halides is 2. The molecule has 39 heavy (non-hydrogen) atoms. The SMILES string of the molecule is O=C(C(Cc1ccc(C#Cc2ccc(CN3CCOCC3)cc2)cc1)c1nc[nH]c(=O)c1O)N1CC(F)(F)C1. The lowest BCUT2D eigenvalue weighted by Gasteiger charge is -2.40. The van der Waals surface area contributed by atoms with Gasteiger partial charge >= 0.3 is 0 Å². The van der Waals surface area contributed by atoms with E-state index in [9.17, 15) is 23.5 Å². The average Bonchev–Trinajstić information content (AvgIpc) is 2.92. The van der Waals surface area contributed by atoms with Crippen LogP contribution >= 0.6 is 0 Å². The number of hydrogen-bond acceptors (Lipinski definition) is 6. The number of aromatic amines is 1. The number of carbonyl (C=O) groups excluding carboxylic acids is 1. The number of nitrogens with one attached hydrogen (secondary N) is 1. The summed E-state index contributed by atoms with van der Waals surface area (Å²) in [6.45, 7) is 2.88. The molecule has 3 aromatic rings. The molecule has 202 valence electrons. The molecule has 1 amide bonds. The molecule has 0 radical (unpaired) electrons. The fraction of sp³-hybridized carbons (Fsp3) is 0.345. The third kappa shape index (κ3) is 6.50. The van der Waals surface area contributed by atoms with E-state index in [1.54, 1.807) is 24.3 Å². The summed E-state index contributed by atoms with van der Waals surface area (Å²) in [5, 5.41) is 10.2. The summed E-state index contributed by atoms with van der Waals surface area (Å²) in [5.41, 5.74) is 2.64. The second kappa shape index (κ2) is 11.4. The fourth-order valence-electron chi connectivity index (χ4n) is 4.67. The molecule has 2 aliphatic heterocycles. The monoisotopic (exact) mass is 534 g/mol. The number of halogens is 2. The van der Waals surface area contributed by atoms with Gasteiger partial charge in [-0.05, 0) is 41.8 Å². The van der Waals surface area contributed by atoms with Crippen LogP contribution in [0.4, 0.5) is 8.78 Å². The Hall–Kier alpha value is -4.07. The molecule has 2 aliphatic rings. The van der Waals surface area contributed by atoms with E-state index >= 15 is 0 Å². The van der Waals surface area contributed by atoms with E-state index in [4.69, 9.17) is 4.74 Å². The predicted octanol–water partition coefficient (Wildman–Crippen LogP) is 2.51. The first-order valence-electron chi connectivity index (χ1n) is 12.7. The van der Waals surface area contributed by atoms with Crippen molar-refractivity contribution in [3.05, 3.63) is 93.2 Å². The van der Waals surface area contributed by atoms with E-state index in [0.717, 1.165) is 55.2 Å². The number of benzene rings is 2. The molecule has 2 aromatic carbocycles. The minimum absolute atomic E-state index is 0.0727. The van der Waals surface area contributed by atoms with Gasteiger partial charge in [0.2, 0.25) is 11.7 Å². The Bertz CT molecular complexity index is 1430. The van der Waals surface area contributed by atoms with Crippen LogP contribution in [0, 0.1) is 11.8 Å². The highest BCUT2D eigenvalue weighted by Gasteiger charge is 2.48. The smallest absolute Gasteiger partial charge is 0.293 e. The first-order valence-corrected chi connectivity index (χ1v) is 12.7. The van der Waals surface area contributed by atoms with Crippen LogP contribution in [0.5, 0.6) is 5.75 Å². The summed E-state index contributed by atoms with van der Waals surface area (Å²) < 4.78 is 32.2. The van der Waals surface area contributed by atoms with Crippen LogP contribution in [-0.4, -0.2) is 76.1 Å². The summed E-state index contributed by atoms with van der Waals surface area (Å²) in [6.07, 6.45) is 1.15. The number of rotatable bonds is 6. The van der Waals surface area contributed by atoms with Gasteiger partial charge < -0.3 is 19.7 Å². The molecule has 2 N–H and O–H groups in total. The van der Waals surface area contributed by atoms with Gasteiger partial charge in [-0.25, -0.2) is 13.8 Å². The number of aromatic hydroxyl groups is 1. The summed E-state index contributed by atoms with van der Waals surface area (Å²) >= 11 is 0. The lowest BCUT2D eigenvalue weighted by Crippen LogP contribution is -2.59. The number of H-pyrrole nitrogens is 1. The van der Waals surface area contributed by atoms with E-state index in [0.29, 0.717) is 5.56 Å². The molecular formula is C29H28F2N4O4. The molecule has 5 rings (SSSR count). The van der Waals surface area contributed by atoms with Gasteiger partial charge in [0, 0.05) is 30.8 Å². The maximum Gasteiger partial charge on any atom is 0.293 e. The van der Waals surface area contributed by atoms with Gasteiger partial charge in [-0.3, -0.25) is 14.5 Å². The van der Waals surface area contributed by atoms with Gasteiger partial charge in [-0.1, -0.05) is 36.1 Å². The Labute approximate surface area is 224 Å². The summed E-state index contributed by atoms with van der Waals surface area (Å²) in [6, 6.07) is 15.3. The normalized spacial score (nSPS) is 17.5. The molecule has 8 nitrogen and oxygen atoms in total. The number of carbonyl (C=O) groups is 1.